The number of thioether (sulfide) groups is 1. The number of aryl methyl sites for hydroxylation is 1. The maximum absolute atomic E-state index is 12.5. The van der Waals surface area contributed by atoms with Gasteiger partial charge in [0, 0.05) is 17.5 Å². The highest BCUT2D eigenvalue weighted by Gasteiger charge is 2.08. The van der Waals surface area contributed by atoms with Gasteiger partial charge in [-0.15, -0.1) is 11.8 Å². The molecule has 0 radical (unpaired) electrons. The smallest absolute Gasteiger partial charge is 0.248 e. The van der Waals surface area contributed by atoms with E-state index in [1.54, 1.807) is 24.0 Å². The lowest BCUT2D eigenvalue weighted by molar-refractivity contribution is -0.111. The van der Waals surface area contributed by atoms with Gasteiger partial charge in [-0.2, -0.15) is 5.10 Å². The SMILES string of the molecule is C/C(=C\C(=O)Nc1cccc(CSc2ncnc3[nH]ncc23)c1)c1ccccc1C. The van der Waals surface area contributed by atoms with E-state index in [0.717, 1.165) is 49.8 Å². The van der Waals surface area contributed by atoms with E-state index < -0.39 is 0 Å². The molecule has 0 saturated carbocycles. The number of aromatic nitrogens is 4. The summed E-state index contributed by atoms with van der Waals surface area (Å²) in [5, 5.41) is 11.6. The van der Waals surface area contributed by atoms with E-state index in [1.165, 1.54) is 6.33 Å². The number of benzene rings is 2. The Bertz CT molecular complexity index is 1230. The number of allylic oxidation sites excluding steroid dienone is 1. The van der Waals surface area contributed by atoms with Gasteiger partial charge in [0.2, 0.25) is 5.91 Å². The third-order valence-electron chi connectivity index (χ3n) is 4.70. The van der Waals surface area contributed by atoms with Crippen LogP contribution < -0.4 is 5.32 Å². The second kappa shape index (κ2) is 8.92. The van der Waals surface area contributed by atoms with Crippen LogP contribution in [-0.4, -0.2) is 26.1 Å². The highest BCUT2D eigenvalue weighted by molar-refractivity contribution is 7.98. The minimum absolute atomic E-state index is 0.142. The lowest BCUT2D eigenvalue weighted by Crippen LogP contribution is -2.09. The molecular formula is C23H21N5OS. The van der Waals surface area contributed by atoms with Gasteiger partial charge >= 0.3 is 0 Å². The summed E-state index contributed by atoms with van der Waals surface area (Å²) in [6.07, 6.45) is 4.90. The first-order chi connectivity index (χ1) is 14.6. The summed E-state index contributed by atoms with van der Waals surface area (Å²) >= 11 is 1.61. The number of H-pyrrole nitrogens is 1. The zero-order valence-electron chi connectivity index (χ0n) is 16.7. The Morgan fingerprint density at radius 1 is 1.17 bits per heavy atom. The molecule has 7 heteroatoms. The molecule has 150 valence electrons. The van der Waals surface area contributed by atoms with Crippen LogP contribution in [0, 0.1) is 6.92 Å². The van der Waals surface area contributed by atoms with E-state index in [9.17, 15) is 4.79 Å². The normalized spacial score (nSPS) is 11.6. The lowest BCUT2D eigenvalue weighted by atomic mass is 10.0. The molecule has 2 aromatic carbocycles. The van der Waals surface area contributed by atoms with Crippen molar-refractivity contribution in [2.45, 2.75) is 24.6 Å². The lowest BCUT2D eigenvalue weighted by Gasteiger charge is -2.08. The maximum atomic E-state index is 12.5. The number of hydrogen-bond acceptors (Lipinski definition) is 5. The molecule has 0 saturated heterocycles. The zero-order chi connectivity index (χ0) is 20.9. The molecule has 1 amide bonds. The largest absolute Gasteiger partial charge is 0.322 e. The fourth-order valence-corrected chi connectivity index (χ4v) is 4.13. The van der Waals surface area contributed by atoms with E-state index >= 15 is 0 Å². The van der Waals surface area contributed by atoms with Crippen LogP contribution in [0.25, 0.3) is 16.6 Å². The number of aromatic amines is 1. The highest BCUT2D eigenvalue weighted by Crippen LogP contribution is 2.27. The van der Waals surface area contributed by atoms with Crippen LogP contribution in [0.5, 0.6) is 0 Å². The molecule has 2 heterocycles. The first-order valence-corrected chi connectivity index (χ1v) is 10.5. The molecule has 4 rings (SSSR count). The van der Waals surface area contributed by atoms with E-state index in [1.807, 2.05) is 62.4 Å². The van der Waals surface area contributed by atoms with Crippen LogP contribution >= 0.6 is 11.8 Å². The fourth-order valence-electron chi connectivity index (χ4n) is 3.22. The standard InChI is InChI=1S/C23H21N5OS/c1-15-6-3-4-9-19(15)16(2)10-21(29)27-18-8-5-7-17(11-18)13-30-23-20-12-26-28-22(20)24-14-25-23/h3-12,14H,13H2,1-2H3,(H,27,29)(H,24,25,26,28)/b16-10+. The van der Waals surface area contributed by atoms with Gasteiger partial charge in [0.1, 0.15) is 11.4 Å². The monoisotopic (exact) mass is 415 g/mol. The molecule has 0 atom stereocenters. The van der Waals surface area contributed by atoms with Crippen LogP contribution in [0.4, 0.5) is 5.69 Å². The van der Waals surface area contributed by atoms with Gasteiger partial charge in [0.15, 0.2) is 5.65 Å². The second-order valence-electron chi connectivity index (χ2n) is 6.93. The van der Waals surface area contributed by atoms with Crippen molar-refractivity contribution in [2.75, 3.05) is 5.32 Å². The molecule has 0 aliphatic heterocycles. The zero-order valence-corrected chi connectivity index (χ0v) is 17.5. The Morgan fingerprint density at radius 2 is 2.03 bits per heavy atom. The average Bonchev–Trinajstić information content (AvgIpc) is 3.22. The Morgan fingerprint density at radius 3 is 2.90 bits per heavy atom. The molecule has 0 aliphatic rings. The average molecular weight is 416 g/mol. The van der Waals surface area contributed by atoms with Crippen LogP contribution in [0.15, 0.2) is 72.2 Å². The van der Waals surface area contributed by atoms with Gasteiger partial charge in [-0.25, -0.2) is 9.97 Å². The number of carbonyl (C=O) groups is 1. The summed E-state index contributed by atoms with van der Waals surface area (Å²) in [5.74, 6) is 0.579. The molecular weight excluding hydrogens is 394 g/mol. The molecule has 4 aromatic rings. The Labute approximate surface area is 178 Å². The molecule has 0 fully saturated rings. The molecule has 0 aliphatic carbocycles. The van der Waals surface area contributed by atoms with Crippen LogP contribution in [-0.2, 0) is 10.5 Å². The maximum Gasteiger partial charge on any atom is 0.248 e. The number of amides is 1. The van der Waals surface area contributed by atoms with Gasteiger partial charge in [0.25, 0.3) is 0 Å². The highest BCUT2D eigenvalue weighted by atomic mass is 32.2. The molecule has 2 N–H and O–H groups in total. The van der Waals surface area contributed by atoms with Gasteiger partial charge in [-0.05, 0) is 48.2 Å². The predicted molar refractivity (Wildman–Crippen MR) is 121 cm³/mol. The van der Waals surface area contributed by atoms with Crippen molar-refractivity contribution in [2.24, 2.45) is 0 Å². The van der Waals surface area contributed by atoms with Gasteiger partial charge in [-0.3, -0.25) is 9.89 Å². The van der Waals surface area contributed by atoms with Crippen LogP contribution in [0.3, 0.4) is 0 Å². The minimum Gasteiger partial charge on any atom is -0.322 e. The Balaban J connectivity index is 1.43. The van der Waals surface area contributed by atoms with Crippen molar-refractivity contribution in [1.29, 1.82) is 0 Å². The Kier molecular flexibility index (Phi) is 5.90. The van der Waals surface area contributed by atoms with Crippen LogP contribution in [0.1, 0.15) is 23.6 Å². The second-order valence-corrected chi connectivity index (χ2v) is 7.90. The minimum atomic E-state index is -0.142. The summed E-state index contributed by atoms with van der Waals surface area (Å²) in [6.45, 7) is 3.99. The van der Waals surface area contributed by atoms with Crippen molar-refractivity contribution in [3.05, 3.63) is 83.8 Å². The predicted octanol–water partition coefficient (Wildman–Crippen LogP) is 5.00. The number of carbonyl (C=O) groups excluding carboxylic acids is 1. The van der Waals surface area contributed by atoms with Crippen molar-refractivity contribution in [3.8, 4) is 0 Å². The van der Waals surface area contributed by atoms with Crippen molar-refractivity contribution in [1.82, 2.24) is 20.2 Å². The first kappa shape index (κ1) is 19.8. The number of nitrogens with one attached hydrogen (secondary N) is 2. The number of anilines is 1. The summed E-state index contributed by atoms with van der Waals surface area (Å²) in [4.78, 5) is 21.0. The van der Waals surface area contributed by atoms with E-state index in [4.69, 9.17) is 0 Å². The summed E-state index contributed by atoms with van der Waals surface area (Å²) < 4.78 is 0. The first-order valence-electron chi connectivity index (χ1n) is 9.51. The molecule has 2 aromatic heterocycles. The van der Waals surface area contributed by atoms with Gasteiger partial charge in [-0.1, -0.05) is 36.4 Å². The van der Waals surface area contributed by atoms with E-state index in [-0.39, 0.29) is 5.91 Å². The number of hydrogen-bond donors (Lipinski definition) is 2. The number of nitrogens with zero attached hydrogens (tertiary/aromatic N) is 3. The quantitative estimate of drug-likeness (QED) is 0.263. The third kappa shape index (κ3) is 4.58. The topological polar surface area (TPSA) is 83.6 Å². The molecule has 30 heavy (non-hydrogen) atoms. The Hall–Kier alpha value is -3.45. The van der Waals surface area contributed by atoms with E-state index in [2.05, 4.69) is 25.5 Å². The molecule has 0 spiro atoms. The number of fused-ring (bicyclic) bond motifs is 1. The molecule has 0 bridgehead atoms. The molecule has 6 nitrogen and oxygen atoms in total. The van der Waals surface area contributed by atoms with Crippen molar-refractivity contribution >= 4 is 40.0 Å². The van der Waals surface area contributed by atoms with Crippen molar-refractivity contribution < 1.29 is 4.79 Å². The van der Waals surface area contributed by atoms with Gasteiger partial charge < -0.3 is 5.32 Å². The van der Waals surface area contributed by atoms with Crippen molar-refractivity contribution in [3.63, 3.8) is 0 Å². The molecule has 0 unspecified atom stereocenters. The van der Waals surface area contributed by atoms with Crippen LogP contribution in [0.2, 0.25) is 0 Å². The summed E-state index contributed by atoms with van der Waals surface area (Å²) in [6, 6.07) is 15.9. The third-order valence-corrected chi connectivity index (χ3v) is 5.78. The number of rotatable bonds is 6. The summed E-state index contributed by atoms with van der Waals surface area (Å²) in [7, 11) is 0. The summed E-state index contributed by atoms with van der Waals surface area (Å²) in [5.41, 5.74) is 5.74. The van der Waals surface area contributed by atoms with E-state index in [0.29, 0.717) is 0 Å². The van der Waals surface area contributed by atoms with Gasteiger partial charge in [0.05, 0.1) is 11.6 Å². The fraction of sp³-hybridized carbons (Fsp3) is 0.130.